The van der Waals surface area contributed by atoms with Gasteiger partial charge >= 0.3 is 5.97 Å². The summed E-state index contributed by atoms with van der Waals surface area (Å²) in [6, 6.07) is 3.16. The minimum Gasteiger partial charge on any atom is -0.465 e. The zero-order valence-electron chi connectivity index (χ0n) is 8.49. The second-order valence-corrected chi connectivity index (χ2v) is 3.63. The summed E-state index contributed by atoms with van der Waals surface area (Å²) >= 11 is 5.72. The summed E-state index contributed by atoms with van der Waals surface area (Å²) in [7, 11) is 0. The molecule has 1 N–H and O–H groups in total. The number of hydrogen-bond acceptors (Lipinski definition) is 4. The lowest BCUT2D eigenvalue weighted by atomic mass is 10.1. The standard InChI is InChI=1S/C10H9ClN2O3/c1-2-16-10(15)7-8-5(12-9(7)14)3-4-6(11)13-8/h3-4,7H,2H2,1H3,(H,12,14)/t7-/m0/s1. The summed E-state index contributed by atoms with van der Waals surface area (Å²) in [5, 5.41) is 2.79. The van der Waals surface area contributed by atoms with Crippen molar-refractivity contribution in [2.45, 2.75) is 12.8 Å². The molecule has 1 aliphatic heterocycles. The highest BCUT2D eigenvalue weighted by Crippen LogP contribution is 2.32. The molecule has 16 heavy (non-hydrogen) atoms. The third-order valence-corrected chi connectivity index (χ3v) is 2.42. The molecule has 1 amide bonds. The number of aromatic nitrogens is 1. The van der Waals surface area contributed by atoms with Crippen molar-refractivity contribution >= 4 is 29.2 Å². The van der Waals surface area contributed by atoms with Crippen molar-refractivity contribution in [3.63, 3.8) is 0 Å². The van der Waals surface area contributed by atoms with Crippen LogP contribution < -0.4 is 5.32 Å². The van der Waals surface area contributed by atoms with Gasteiger partial charge in [0, 0.05) is 0 Å². The molecular formula is C10H9ClN2O3. The Morgan fingerprint density at radius 3 is 3.06 bits per heavy atom. The van der Waals surface area contributed by atoms with Gasteiger partial charge in [0.15, 0.2) is 5.92 Å². The van der Waals surface area contributed by atoms with E-state index in [2.05, 4.69) is 10.3 Å². The van der Waals surface area contributed by atoms with Gasteiger partial charge in [-0.1, -0.05) is 11.6 Å². The normalized spacial score (nSPS) is 17.9. The molecule has 2 heterocycles. The molecule has 0 saturated carbocycles. The fourth-order valence-corrected chi connectivity index (χ4v) is 1.70. The fourth-order valence-electron chi connectivity index (χ4n) is 1.55. The van der Waals surface area contributed by atoms with Crippen LogP contribution in [0, 0.1) is 0 Å². The highest BCUT2D eigenvalue weighted by molar-refractivity contribution is 6.29. The van der Waals surface area contributed by atoms with Gasteiger partial charge in [0.2, 0.25) is 5.91 Å². The van der Waals surface area contributed by atoms with Crippen LogP contribution in [0.25, 0.3) is 0 Å². The lowest BCUT2D eigenvalue weighted by Gasteiger charge is -2.06. The topological polar surface area (TPSA) is 68.3 Å². The van der Waals surface area contributed by atoms with Crippen LogP contribution in [-0.2, 0) is 14.3 Å². The van der Waals surface area contributed by atoms with E-state index in [9.17, 15) is 9.59 Å². The Labute approximate surface area is 96.8 Å². The van der Waals surface area contributed by atoms with Gasteiger partial charge in [0.25, 0.3) is 0 Å². The number of rotatable bonds is 2. The van der Waals surface area contributed by atoms with Crippen LogP contribution in [0.2, 0.25) is 5.15 Å². The Bertz CT molecular complexity index is 461. The number of halogens is 1. The number of nitrogens with one attached hydrogen (secondary N) is 1. The van der Waals surface area contributed by atoms with E-state index in [-0.39, 0.29) is 11.8 Å². The third-order valence-electron chi connectivity index (χ3n) is 2.21. The average Bonchev–Trinajstić information content (AvgIpc) is 2.53. The summed E-state index contributed by atoms with van der Waals surface area (Å²) in [6.45, 7) is 1.90. The maximum Gasteiger partial charge on any atom is 0.324 e. The molecule has 0 bridgehead atoms. The number of amides is 1. The van der Waals surface area contributed by atoms with Crippen LogP contribution in [0.4, 0.5) is 5.69 Å². The quantitative estimate of drug-likeness (QED) is 0.481. The van der Waals surface area contributed by atoms with Crippen LogP contribution in [-0.4, -0.2) is 23.5 Å². The number of ether oxygens (including phenoxy) is 1. The molecule has 1 atom stereocenters. The van der Waals surface area contributed by atoms with Crippen LogP contribution in [0.1, 0.15) is 18.5 Å². The SMILES string of the molecule is CCOC(=O)[C@@H]1C(=O)Nc2ccc(Cl)nc21. The predicted octanol–water partition coefficient (Wildman–Crippen LogP) is 1.33. The predicted molar refractivity (Wildman–Crippen MR) is 57.3 cm³/mol. The summed E-state index contributed by atoms with van der Waals surface area (Å²) in [6.07, 6.45) is 0. The van der Waals surface area contributed by atoms with Crippen molar-refractivity contribution in [1.82, 2.24) is 4.98 Å². The second kappa shape index (κ2) is 4.09. The molecule has 1 aromatic heterocycles. The van der Waals surface area contributed by atoms with Crippen LogP contribution in [0.15, 0.2) is 12.1 Å². The molecule has 0 unspecified atom stereocenters. The first-order valence-electron chi connectivity index (χ1n) is 4.77. The first-order chi connectivity index (χ1) is 7.63. The van der Waals surface area contributed by atoms with E-state index in [4.69, 9.17) is 16.3 Å². The first kappa shape index (κ1) is 10.9. The Hall–Kier alpha value is -1.62. The zero-order chi connectivity index (χ0) is 11.7. The van der Waals surface area contributed by atoms with E-state index in [1.54, 1.807) is 19.1 Å². The Balaban J connectivity index is 2.38. The molecule has 0 aromatic carbocycles. The summed E-state index contributed by atoms with van der Waals surface area (Å²) in [5.74, 6) is -2.04. The maximum atomic E-state index is 11.6. The molecule has 1 aromatic rings. The minimum atomic E-state index is -1.01. The van der Waals surface area contributed by atoms with Crippen molar-refractivity contribution in [1.29, 1.82) is 0 Å². The van der Waals surface area contributed by atoms with Crippen molar-refractivity contribution in [3.8, 4) is 0 Å². The van der Waals surface area contributed by atoms with Crippen molar-refractivity contribution in [2.24, 2.45) is 0 Å². The fraction of sp³-hybridized carbons (Fsp3) is 0.300. The van der Waals surface area contributed by atoms with Crippen molar-refractivity contribution < 1.29 is 14.3 Å². The molecule has 84 valence electrons. The van der Waals surface area contributed by atoms with Gasteiger partial charge in [-0.05, 0) is 19.1 Å². The van der Waals surface area contributed by atoms with Crippen molar-refractivity contribution in [2.75, 3.05) is 11.9 Å². The number of nitrogens with zero attached hydrogens (tertiary/aromatic N) is 1. The number of pyridine rings is 1. The molecule has 0 fully saturated rings. The van der Waals surface area contributed by atoms with E-state index < -0.39 is 17.8 Å². The summed E-state index contributed by atoms with van der Waals surface area (Å²) in [4.78, 5) is 27.1. The largest absolute Gasteiger partial charge is 0.465 e. The molecule has 0 aliphatic carbocycles. The monoisotopic (exact) mass is 240 g/mol. The maximum absolute atomic E-state index is 11.6. The van der Waals surface area contributed by atoms with E-state index in [0.717, 1.165) is 0 Å². The lowest BCUT2D eigenvalue weighted by molar-refractivity contribution is -0.147. The number of fused-ring (bicyclic) bond motifs is 1. The summed E-state index contributed by atoms with van der Waals surface area (Å²) < 4.78 is 4.81. The average molecular weight is 241 g/mol. The zero-order valence-corrected chi connectivity index (χ0v) is 9.25. The molecule has 2 rings (SSSR count). The first-order valence-corrected chi connectivity index (χ1v) is 5.15. The molecule has 0 spiro atoms. The lowest BCUT2D eigenvalue weighted by Crippen LogP contribution is -2.23. The summed E-state index contributed by atoms with van der Waals surface area (Å²) in [5.41, 5.74) is 0.836. The molecule has 1 aliphatic rings. The number of carbonyl (C=O) groups excluding carboxylic acids is 2. The van der Waals surface area contributed by atoms with Crippen LogP contribution >= 0.6 is 11.6 Å². The molecular weight excluding hydrogens is 232 g/mol. The molecule has 5 nitrogen and oxygen atoms in total. The third kappa shape index (κ3) is 1.74. The number of carbonyl (C=O) groups is 2. The van der Waals surface area contributed by atoms with Crippen LogP contribution in [0.3, 0.4) is 0 Å². The Morgan fingerprint density at radius 2 is 2.38 bits per heavy atom. The van der Waals surface area contributed by atoms with E-state index >= 15 is 0 Å². The van der Waals surface area contributed by atoms with Gasteiger partial charge in [0.05, 0.1) is 18.0 Å². The van der Waals surface area contributed by atoms with Gasteiger partial charge in [-0.3, -0.25) is 9.59 Å². The van der Waals surface area contributed by atoms with Gasteiger partial charge in [-0.2, -0.15) is 0 Å². The highest BCUT2D eigenvalue weighted by Gasteiger charge is 2.39. The van der Waals surface area contributed by atoms with Gasteiger partial charge in [0.1, 0.15) is 5.15 Å². The number of esters is 1. The van der Waals surface area contributed by atoms with E-state index in [1.165, 1.54) is 0 Å². The molecule has 0 radical (unpaired) electrons. The van der Waals surface area contributed by atoms with Crippen LogP contribution in [0.5, 0.6) is 0 Å². The molecule has 0 saturated heterocycles. The highest BCUT2D eigenvalue weighted by atomic mass is 35.5. The minimum absolute atomic E-state index is 0.221. The van der Waals surface area contributed by atoms with E-state index in [0.29, 0.717) is 11.4 Å². The second-order valence-electron chi connectivity index (χ2n) is 3.24. The van der Waals surface area contributed by atoms with Crippen molar-refractivity contribution in [3.05, 3.63) is 23.0 Å². The number of anilines is 1. The Morgan fingerprint density at radius 1 is 1.62 bits per heavy atom. The number of hydrogen-bond donors (Lipinski definition) is 1. The smallest absolute Gasteiger partial charge is 0.324 e. The molecule has 6 heteroatoms. The van der Waals surface area contributed by atoms with Gasteiger partial charge in [-0.15, -0.1) is 0 Å². The van der Waals surface area contributed by atoms with Gasteiger partial charge in [-0.25, -0.2) is 4.98 Å². The Kier molecular flexibility index (Phi) is 2.78. The van der Waals surface area contributed by atoms with E-state index in [1.807, 2.05) is 0 Å². The van der Waals surface area contributed by atoms with Gasteiger partial charge < -0.3 is 10.1 Å².